The standard InChI is InChI=1S/C14H14FIN2O/c1-19-14-12(15)7-10(8-13(14)16)9-17-18-11-5-3-2-4-6-11/h2-8,17-18H,9H2,1H3. The lowest BCUT2D eigenvalue weighted by Gasteiger charge is -2.10. The first-order valence-electron chi connectivity index (χ1n) is 5.76. The number of hydrogen-bond donors (Lipinski definition) is 2. The molecule has 0 aliphatic carbocycles. The molecule has 0 radical (unpaired) electrons. The fourth-order valence-corrected chi connectivity index (χ4v) is 2.56. The van der Waals surface area contributed by atoms with Crippen LogP contribution in [0.1, 0.15) is 5.56 Å². The average molecular weight is 372 g/mol. The maximum atomic E-state index is 13.7. The van der Waals surface area contributed by atoms with Gasteiger partial charge in [0.15, 0.2) is 11.6 Å². The van der Waals surface area contributed by atoms with E-state index >= 15 is 0 Å². The Bertz CT molecular complexity index is 525. The van der Waals surface area contributed by atoms with E-state index in [-0.39, 0.29) is 5.82 Å². The minimum atomic E-state index is -0.342. The number of methoxy groups -OCH3 is 1. The highest BCUT2D eigenvalue weighted by atomic mass is 127. The highest BCUT2D eigenvalue weighted by molar-refractivity contribution is 14.1. The van der Waals surface area contributed by atoms with Gasteiger partial charge in [-0.2, -0.15) is 0 Å². The van der Waals surface area contributed by atoms with Gasteiger partial charge < -0.3 is 10.2 Å². The molecule has 0 heterocycles. The van der Waals surface area contributed by atoms with Crippen LogP contribution in [0.3, 0.4) is 0 Å². The van der Waals surface area contributed by atoms with Crippen LogP contribution in [0.4, 0.5) is 10.1 Å². The number of hydrogen-bond acceptors (Lipinski definition) is 3. The maximum Gasteiger partial charge on any atom is 0.167 e. The molecule has 2 rings (SSSR count). The summed E-state index contributed by atoms with van der Waals surface area (Å²) in [7, 11) is 1.47. The van der Waals surface area contributed by atoms with E-state index in [1.54, 1.807) is 0 Å². The molecule has 2 aromatic rings. The Kier molecular flexibility index (Phi) is 4.98. The van der Waals surface area contributed by atoms with Crippen LogP contribution in [0.25, 0.3) is 0 Å². The molecule has 0 aliphatic rings. The highest BCUT2D eigenvalue weighted by Gasteiger charge is 2.09. The molecule has 0 spiro atoms. The van der Waals surface area contributed by atoms with Gasteiger partial charge in [-0.15, -0.1) is 0 Å². The third kappa shape index (κ3) is 3.81. The van der Waals surface area contributed by atoms with Crippen molar-refractivity contribution in [1.82, 2.24) is 5.43 Å². The Morgan fingerprint density at radius 3 is 2.58 bits per heavy atom. The Morgan fingerprint density at radius 1 is 1.21 bits per heavy atom. The van der Waals surface area contributed by atoms with Gasteiger partial charge in [-0.25, -0.2) is 9.82 Å². The Morgan fingerprint density at radius 2 is 1.95 bits per heavy atom. The summed E-state index contributed by atoms with van der Waals surface area (Å²) in [4.78, 5) is 0. The lowest BCUT2D eigenvalue weighted by atomic mass is 10.2. The second-order valence-corrected chi connectivity index (χ2v) is 5.10. The SMILES string of the molecule is COc1c(F)cc(CNNc2ccccc2)cc1I. The fourth-order valence-electron chi connectivity index (χ4n) is 1.68. The van der Waals surface area contributed by atoms with E-state index < -0.39 is 0 Å². The van der Waals surface area contributed by atoms with E-state index in [1.807, 2.05) is 36.4 Å². The summed E-state index contributed by atoms with van der Waals surface area (Å²) in [5, 5.41) is 0. The number of ether oxygens (including phenoxy) is 1. The van der Waals surface area contributed by atoms with Gasteiger partial charge in [0, 0.05) is 12.2 Å². The van der Waals surface area contributed by atoms with Crippen molar-refractivity contribution in [3.05, 3.63) is 57.4 Å². The molecular formula is C14H14FIN2O. The summed E-state index contributed by atoms with van der Waals surface area (Å²) in [5.74, 6) is -0.0497. The maximum absolute atomic E-state index is 13.7. The van der Waals surface area contributed by atoms with Gasteiger partial charge in [-0.3, -0.25) is 0 Å². The molecule has 5 heteroatoms. The molecule has 0 bridgehead atoms. The van der Waals surface area contributed by atoms with Crippen LogP contribution in [-0.4, -0.2) is 7.11 Å². The molecule has 0 amide bonds. The quantitative estimate of drug-likeness (QED) is 0.622. The summed E-state index contributed by atoms with van der Waals surface area (Å²) in [5.41, 5.74) is 7.92. The largest absolute Gasteiger partial charge is 0.493 e. The van der Waals surface area contributed by atoms with Gasteiger partial charge >= 0.3 is 0 Å². The van der Waals surface area contributed by atoms with E-state index in [1.165, 1.54) is 13.2 Å². The highest BCUT2D eigenvalue weighted by Crippen LogP contribution is 2.25. The minimum Gasteiger partial charge on any atom is -0.493 e. The van der Waals surface area contributed by atoms with Crippen LogP contribution in [0, 0.1) is 9.39 Å². The zero-order valence-electron chi connectivity index (χ0n) is 10.4. The summed E-state index contributed by atoms with van der Waals surface area (Å²) in [6.07, 6.45) is 0. The summed E-state index contributed by atoms with van der Waals surface area (Å²) in [6, 6.07) is 13.1. The second-order valence-electron chi connectivity index (χ2n) is 3.94. The van der Waals surface area contributed by atoms with Crippen LogP contribution in [0.2, 0.25) is 0 Å². The predicted octanol–water partition coefficient (Wildman–Crippen LogP) is 3.56. The Balaban J connectivity index is 1.97. The molecule has 0 fully saturated rings. The van der Waals surface area contributed by atoms with E-state index in [2.05, 4.69) is 33.4 Å². The summed E-state index contributed by atoms with van der Waals surface area (Å²) in [6.45, 7) is 0.520. The van der Waals surface area contributed by atoms with Crippen molar-refractivity contribution < 1.29 is 9.13 Å². The number of hydrazine groups is 1. The van der Waals surface area contributed by atoms with E-state index in [9.17, 15) is 4.39 Å². The smallest absolute Gasteiger partial charge is 0.167 e. The van der Waals surface area contributed by atoms with Gasteiger partial charge in [0.2, 0.25) is 0 Å². The van der Waals surface area contributed by atoms with Crippen LogP contribution < -0.4 is 15.6 Å². The molecule has 0 saturated heterocycles. The van der Waals surface area contributed by atoms with Crippen molar-refractivity contribution in [2.75, 3.05) is 12.5 Å². The molecule has 0 aromatic heterocycles. The fraction of sp³-hybridized carbons (Fsp3) is 0.143. The van der Waals surface area contributed by atoms with Crippen molar-refractivity contribution >= 4 is 28.3 Å². The minimum absolute atomic E-state index is 0.292. The van der Waals surface area contributed by atoms with Crippen molar-refractivity contribution in [2.45, 2.75) is 6.54 Å². The number of para-hydroxylation sites is 1. The van der Waals surface area contributed by atoms with Crippen molar-refractivity contribution in [3.63, 3.8) is 0 Å². The van der Waals surface area contributed by atoms with Crippen molar-refractivity contribution in [3.8, 4) is 5.75 Å². The third-order valence-corrected chi connectivity index (χ3v) is 3.36. The first kappa shape index (κ1) is 14.1. The number of anilines is 1. The molecule has 0 unspecified atom stereocenters. The summed E-state index contributed by atoms with van der Waals surface area (Å²) >= 11 is 2.06. The van der Waals surface area contributed by atoms with Crippen LogP contribution in [0.5, 0.6) is 5.75 Å². The topological polar surface area (TPSA) is 33.3 Å². The molecule has 19 heavy (non-hydrogen) atoms. The molecular weight excluding hydrogens is 358 g/mol. The molecule has 100 valence electrons. The zero-order valence-corrected chi connectivity index (χ0v) is 12.6. The monoisotopic (exact) mass is 372 g/mol. The third-order valence-electron chi connectivity index (χ3n) is 2.56. The van der Waals surface area contributed by atoms with Crippen molar-refractivity contribution in [1.29, 1.82) is 0 Å². The predicted molar refractivity (Wildman–Crippen MR) is 82.6 cm³/mol. The molecule has 0 atom stereocenters. The Labute approximate surface area is 125 Å². The lowest BCUT2D eigenvalue weighted by Crippen LogP contribution is -2.21. The molecule has 2 aromatic carbocycles. The van der Waals surface area contributed by atoms with E-state index in [0.717, 1.165) is 14.8 Å². The van der Waals surface area contributed by atoms with Gasteiger partial charge in [-0.05, 0) is 52.4 Å². The second kappa shape index (κ2) is 6.72. The van der Waals surface area contributed by atoms with Crippen molar-refractivity contribution in [2.24, 2.45) is 0 Å². The molecule has 2 N–H and O–H groups in total. The van der Waals surface area contributed by atoms with Gasteiger partial charge in [0.1, 0.15) is 0 Å². The van der Waals surface area contributed by atoms with E-state index in [0.29, 0.717) is 12.3 Å². The Hall–Kier alpha value is -1.34. The zero-order chi connectivity index (χ0) is 13.7. The lowest BCUT2D eigenvalue weighted by molar-refractivity contribution is 0.383. The molecule has 0 saturated carbocycles. The van der Waals surface area contributed by atoms with Gasteiger partial charge in [0.05, 0.1) is 10.7 Å². The first-order chi connectivity index (χ1) is 9.20. The van der Waals surface area contributed by atoms with Crippen LogP contribution in [-0.2, 0) is 6.54 Å². The molecule has 0 aliphatic heterocycles. The number of benzene rings is 2. The normalized spacial score (nSPS) is 10.3. The first-order valence-corrected chi connectivity index (χ1v) is 6.84. The molecule has 3 nitrogen and oxygen atoms in total. The number of halogens is 2. The van der Waals surface area contributed by atoms with E-state index in [4.69, 9.17) is 4.74 Å². The van der Waals surface area contributed by atoms with Gasteiger partial charge in [-0.1, -0.05) is 18.2 Å². The number of nitrogens with one attached hydrogen (secondary N) is 2. The van der Waals surface area contributed by atoms with Gasteiger partial charge in [0.25, 0.3) is 0 Å². The summed E-state index contributed by atoms with van der Waals surface area (Å²) < 4.78 is 19.4. The number of rotatable bonds is 5. The average Bonchev–Trinajstić information content (AvgIpc) is 2.40. The van der Waals surface area contributed by atoms with Crippen LogP contribution in [0.15, 0.2) is 42.5 Å². The van der Waals surface area contributed by atoms with Crippen LogP contribution >= 0.6 is 22.6 Å².